The number of nitrogens with one attached hydrogen (secondary N) is 1. The fraction of sp³-hybridized carbons (Fsp3) is 0.600. The lowest BCUT2D eigenvalue weighted by Crippen LogP contribution is -2.32. The zero-order valence-corrected chi connectivity index (χ0v) is 12.5. The quantitative estimate of drug-likeness (QED) is 0.791. The number of hydrogen-bond donors (Lipinski definition) is 1. The Kier molecular flexibility index (Phi) is 5.19. The first kappa shape index (κ1) is 14.0. The number of aryl methyl sites for hydroxylation is 1. The minimum absolute atomic E-state index is 0.179. The second-order valence-corrected chi connectivity index (χ2v) is 6.04. The van der Waals surface area contributed by atoms with Crippen LogP contribution in [-0.2, 0) is 6.42 Å². The van der Waals surface area contributed by atoms with Crippen LogP contribution in [0.1, 0.15) is 38.2 Å². The van der Waals surface area contributed by atoms with E-state index in [0.717, 1.165) is 25.3 Å². The van der Waals surface area contributed by atoms with E-state index in [1.54, 1.807) is 6.07 Å². The van der Waals surface area contributed by atoms with Crippen LogP contribution in [0.2, 0.25) is 0 Å². The third-order valence-corrected chi connectivity index (χ3v) is 4.18. The third-order valence-electron chi connectivity index (χ3n) is 3.58. The van der Waals surface area contributed by atoms with Crippen LogP contribution >= 0.6 is 15.9 Å². The molecule has 0 spiro atoms. The van der Waals surface area contributed by atoms with Gasteiger partial charge in [0.1, 0.15) is 5.82 Å². The van der Waals surface area contributed by atoms with Crippen molar-refractivity contribution in [2.45, 2.75) is 45.1 Å². The zero-order valence-electron chi connectivity index (χ0n) is 10.9. The second-order valence-electron chi connectivity index (χ2n) is 5.19. The Morgan fingerprint density at radius 2 is 2.22 bits per heavy atom. The van der Waals surface area contributed by atoms with Gasteiger partial charge in [-0.2, -0.15) is 0 Å². The van der Waals surface area contributed by atoms with E-state index in [0.29, 0.717) is 10.5 Å². The topological polar surface area (TPSA) is 12.0 Å². The summed E-state index contributed by atoms with van der Waals surface area (Å²) in [4.78, 5) is 0. The number of benzene rings is 1. The molecule has 0 aromatic heterocycles. The molecule has 1 N–H and O–H groups in total. The second kappa shape index (κ2) is 6.67. The first-order chi connectivity index (χ1) is 8.70. The van der Waals surface area contributed by atoms with Crippen LogP contribution in [0.5, 0.6) is 0 Å². The van der Waals surface area contributed by atoms with Crippen LogP contribution in [0, 0.1) is 11.7 Å². The Bertz CT molecular complexity index is 390. The number of hydrogen-bond acceptors (Lipinski definition) is 1. The molecule has 1 aliphatic rings. The molecule has 0 aliphatic heterocycles. The molecule has 1 unspecified atom stereocenters. The summed E-state index contributed by atoms with van der Waals surface area (Å²) in [7, 11) is 0. The molecule has 1 atom stereocenters. The van der Waals surface area contributed by atoms with Gasteiger partial charge in [-0.25, -0.2) is 4.39 Å². The summed E-state index contributed by atoms with van der Waals surface area (Å²) in [5, 5.41) is 3.64. The molecule has 2 rings (SSSR count). The van der Waals surface area contributed by atoms with Crippen molar-refractivity contribution in [1.82, 2.24) is 5.32 Å². The van der Waals surface area contributed by atoms with Crippen LogP contribution < -0.4 is 5.32 Å². The molecule has 3 heteroatoms. The summed E-state index contributed by atoms with van der Waals surface area (Å²) >= 11 is 3.25. The van der Waals surface area contributed by atoms with Crippen LogP contribution in [-0.4, -0.2) is 12.6 Å². The van der Waals surface area contributed by atoms with E-state index < -0.39 is 0 Å². The van der Waals surface area contributed by atoms with Gasteiger partial charge in [0.15, 0.2) is 0 Å². The lowest BCUT2D eigenvalue weighted by molar-refractivity contribution is 0.435. The molecular weight excluding hydrogens is 293 g/mol. The minimum atomic E-state index is -0.179. The average Bonchev–Trinajstić information content (AvgIpc) is 3.18. The predicted octanol–water partition coefficient (Wildman–Crippen LogP) is 4.30. The van der Waals surface area contributed by atoms with Gasteiger partial charge >= 0.3 is 0 Å². The first-order valence-corrected chi connectivity index (χ1v) is 7.67. The van der Waals surface area contributed by atoms with Gasteiger partial charge in [-0.15, -0.1) is 0 Å². The van der Waals surface area contributed by atoms with Gasteiger partial charge in [0.25, 0.3) is 0 Å². The molecule has 1 aliphatic carbocycles. The predicted molar refractivity (Wildman–Crippen MR) is 77.2 cm³/mol. The summed E-state index contributed by atoms with van der Waals surface area (Å²) in [5.41, 5.74) is 1.22. The van der Waals surface area contributed by atoms with Gasteiger partial charge in [-0.1, -0.05) is 13.0 Å². The van der Waals surface area contributed by atoms with Crippen LogP contribution in [0.4, 0.5) is 4.39 Å². The van der Waals surface area contributed by atoms with E-state index in [2.05, 4.69) is 28.2 Å². The SMILES string of the molecule is CCCNC(CCc1ccc(F)c(Br)c1)C1CC1. The monoisotopic (exact) mass is 313 g/mol. The number of rotatable bonds is 7. The maximum absolute atomic E-state index is 13.1. The summed E-state index contributed by atoms with van der Waals surface area (Å²) in [6, 6.07) is 5.99. The summed E-state index contributed by atoms with van der Waals surface area (Å²) in [6.07, 6.45) is 6.10. The van der Waals surface area contributed by atoms with Crippen molar-refractivity contribution in [3.8, 4) is 0 Å². The highest BCUT2D eigenvalue weighted by Gasteiger charge is 2.30. The van der Waals surface area contributed by atoms with Crippen molar-refractivity contribution in [3.63, 3.8) is 0 Å². The van der Waals surface area contributed by atoms with Crippen LogP contribution in [0.3, 0.4) is 0 Å². The van der Waals surface area contributed by atoms with Gasteiger partial charge in [0, 0.05) is 6.04 Å². The number of halogens is 2. The molecule has 0 bridgehead atoms. The van der Waals surface area contributed by atoms with Gasteiger partial charge in [0.05, 0.1) is 4.47 Å². The van der Waals surface area contributed by atoms with Gasteiger partial charge in [0.2, 0.25) is 0 Å². The molecule has 0 saturated heterocycles. The van der Waals surface area contributed by atoms with Crippen molar-refractivity contribution in [1.29, 1.82) is 0 Å². The molecule has 0 radical (unpaired) electrons. The Morgan fingerprint density at radius 3 is 2.83 bits per heavy atom. The lowest BCUT2D eigenvalue weighted by atomic mass is 10.0. The van der Waals surface area contributed by atoms with Crippen LogP contribution in [0.25, 0.3) is 0 Å². The fourth-order valence-electron chi connectivity index (χ4n) is 2.35. The largest absolute Gasteiger partial charge is 0.314 e. The van der Waals surface area contributed by atoms with Crippen molar-refractivity contribution < 1.29 is 4.39 Å². The van der Waals surface area contributed by atoms with E-state index in [9.17, 15) is 4.39 Å². The third kappa shape index (κ3) is 4.06. The molecule has 1 aromatic rings. The molecule has 1 fully saturated rings. The average molecular weight is 314 g/mol. The molecule has 1 aromatic carbocycles. The fourth-order valence-corrected chi connectivity index (χ4v) is 2.78. The molecule has 0 heterocycles. The Hall–Kier alpha value is -0.410. The molecule has 100 valence electrons. The summed E-state index contributed by atoms with van der Waals surface area (Å²) < 4.78 is 13.7. The van der Waals surface area contributed by atoms with E-state index in [-0.39, 0.29) is 5.82 Å². The lowest BCUT2D eigenvalue weighted by Gasteiger charge is -2.18. The maximum atomic E-state index is 13.1. The van der Waals surface area contributed by atoms with E-state index >= 15 is 0 Å². The Balaban J connectivity index is 1.86. The highest BCUT2D eigenvalue weighted by atomic mass is 79.9. The summed E-state index contributed by atoms with van der Waals surface area (Å²) in [6.45, 7) is 3.31. The Labute approximate surface area is 117 Å². The van der Waals surface area contributed by atoms with E-state index in [1.165, 1.54) is 24.8 Å². The molecule has 18 heavy (non-hydrogen) atoms. The highest BCUT2D eigenvalue weighted by molar-refractivity contribution is 9.10. The van der Waals surface area contributed by atoms with E-state index in [4.69, 9.17) is 0 Å². The Morgan fingerprint density at radius 1 is 1.44 bits per heavy atom. The van der Waals surface area contributed by atoms with Crippen molar-refractivity contribution in [2.75, 3.05) is 6.54 Å². The van der Waals surface area contributed by atoms with Crippen molar-refractivity contribution in [2.24, 2.45) is 5.92 Å². The standard InChI is InChI=1S/C15H21BrFN/c1-2-9-18-15(12-5-6-12)8-4-11-3-7-14(17)13(16)10-11/h3,7,10,12,15,18H,2,4-6,8-9H2,1H3. The van der Waals surface area contributed by atoms with E-state index in [1.807, 2.05) is 12.1 Å². The molecule has 1 nitrogen and oxygen atoms in total. The maximum Gasteiger partial charge on any atom is 0.137 e. The smallest absolute Gasteiger partial charge is 0.137 e. The highest BCUT2D eigenvalue weighted by Crippen LogP contribution is 2.34. The summed E-state index contributed by atoms with van der Waals surface area (Å²) in [5.74, 6) is 0.696. The van der Waals surface area contributed by atoms with Gasteiger partial charge in [-0.05, 0) is 78.2 Å². The van der Waals surface area contributed by atoms with Crippen molar-refractivity contribution in [3.05, 3.63) is 34.1 Å². The molecule has 0 amide bonds. The zero-order chi connectivity index (χ0) is 13.0. The van der Waals surface area contributed by atoms with Gasteiger partial charge < -0.3 is 5.32 Å². The first-order valence-electron chi connectivity index (χ1n) is 6.88. The molecule has 1 saturated carbocycles. The molecular formula is C15H21BrFN. The van der Waals surface area contributed by atoms with Crippen LogP contribution in [0.15, 0.2) is 22.7 Å². The minimum Gasteiger partial charge on any atom is -0.314 e. The van der Waals surface area contributed by atoms with Gasteiger partial charge in [-0.3, -0.25) is 0 Å². The van der Waals surface area contributed by atoms with Crippen molar-refractivity contribution >= 4 is 15.9 Å². The normalized spacial score (nSPS) is 16.8.